The van der Waals surface area contributed by atoms with E-state index in [0.717, 1.165) is 29.6 Å². The van der Waals surface area contributed by atoms with Gasteiger partial charge in [0.25, 0.3) is 0 Å². The molecule has 2 aromatic rings. The standard InChI is InChI=1S/C14H19N3O2S.ClH/c1-10-14(12-5-3-4-6-13(12)17(10)2)20(18,19)16-11-7-8-15-9-11;/h3-6,11,15-16H,7-9H2,1-2H3;1H. The number of benzene rings is 1. The van der Waals surface area contributed by atoms with E-state index in [9.17, 15) is 8.42 Å². The van der Waals surface area contributed by atoms with Crippen LogP contribution in [0.3, 0.4) is 0 Å². The Morgan fingerprint density at radius 3 is 2.71 bits per heavy atom. The molecule has 1 fully saturated rings. The van der Waals surface area contributed by atoms with Crippen molar-refractivity contribution in [3.63, 3.8) is 0 Å². The fourth-order valence-corrected chi connectivity index (χ4v) is 4.60. The molecule has 0 spiro atoms. The predicted octanol–water partition coefficient (Wildman–Crippen LogP) is 1.55. The van der Waals surface area contributed by atoms with E-state index in [0.29, 0.717) is 11.4 Å². The van der Waals surface area contributed by atoms with Gasteiger partial charge in [-0.3, -0.25) is 0 Å². The molecule has 5 nitrogen and oxygen atoms in total. The van der Waals surface area contributed by atoms with E-state index >= 15 is 0 Å². The monoisotopic (exact) mass is 329 g/mol. The average molecular weight is 330 g/mol. The third-order valence-corrected chi connectivity index (χ3v) is 5.69. The van der Waals surface area contributed by atoms with Crippen LogP contribution >= 0.6 is 12.4 Å². The topological polar surface area (TPSA) is 63.1 Å². The van der Waals surface area contributed by atoms with Crippen LogP contribution in [0.5, 0.6) is 0 Å². The summed E-state index contributed by atoms with van der Waals surface area (Å²) in [6.45, 7) is 3.41. The summed E-state index contributed by atoms with van der Waals surface area (Å²) < 4.78 is 30.1. The Hall–Kier alpha value is -1.08. The fourth-order valence-electron chi connectivity index (χ4n) is 2.86. The highest BCUT2D eigenvalue weighted by Crippen LogP contribution is 2.28. The second-order valence-electron chi connectivity index (χ2n) is 5.30. The molecule has 0 saturated carbocycles. The second kappa shape index (κ2) is 5.96. The van der Waals surface area contributed by atoms with Crippen LogP contribution in [-0.4, -0.2) is 32.1 Å². The number of aromatic nitrogens is 1. The van der Waals surface area contributed by atoms with Gasteiger partial charge in [-0.2, -0.15) is 0 Å². The van der Waals surface area contributed by atoms with Crippen LogP contribution in [0.1, 0.15) is 12.1 Å². The molecule has 1 unspecified atom stereocenters. The summed E-state index contributed by atoms with van der Waals surface area (Å²) in [7, 11) is -1.59. The van der Waals surface area contributed by atoms with Gasteiger partial charge in [-0.15, -0.1) is 12.4 Å². The Kier molecular flexibility index (Phi) is 4.63. The molecule has 1 atom stereocenters. The van der Waals surface area contributed by atoms with Crippen LogP contribution in [0.4, 0.5) is 0 Å². The lowest BCUT2D eigenvalue weighted by molar-refractivity contribution is 0.560. The summed E-state index contributed by atoms with van der Waals surface area (Å²) in [4.78, 5) is 0.405. The van der Waals surface area contributed by atoms with Crippen molar-refractivity contribution in [2.75, 3.05) is 13.1 Å². The summed E-state index contributed by atoms with van der Waals surface area (Å²) in [6, 6.07) is 7.59. The average Bonchev–Trinajstić information content (AvgIpc) is 2.98. The fraction of sp³-hybridized carbons (Fsp3) is 0.429. The molecular weight excluding hydrogens is 310 g/mol. The number of hydrogen-bond acceptors (Lipinski definition) is 3. The summed E-state index contributed by atoms with van der Waals surface area (Å²) in [5.74, 6) is 0. The molecule has 3 rings (SSSR count). The summed E-state index contributed by atoms with van der Waals surface area (Å²) in [5, 5.41) is 3.95. The van der Waals surface area contributed by atoms with Crippen molar-refractivity contribution in [1.29, 1.82) is 0 Å². The van der Waals surface area contributed by atoms with Crippen molar-refractivity contribution in [2.24, 2.45) is 7.05 Å². The Labute approximate surface area is 131 Å². The molecule has 0 radical (unpaired) electrons. The minimum absolute atomic E-state index is 0. The SMILES string of the molecule is Cc1c(S(=O)(=O)NC2CCNC2)c2ccccc2n1C.Cl. The maximum Gasteiger partial charge on any atom is 0.243 e. The number of halogens is 1. The van der Waals surface area contributed by atoms with E-state index in [1.807, 2.05) is 42.8 Å². The number of nitrogens with zero attached hydrogens (tertiary/aromatic N) is 1. The van der Waals surface area contributed by atoms with Crippen molar-refractivity contribution < 1.29 is 8.42 Å². The van der Waals surface area contributed by atoms with Crippen molar-refractivity contribution in [2.45, 2.75) is 24.3 Å². The van der Waals surface area contributed by atoms with Crippen molar-refractivity contribution in [3.05, 3.63) is 30.0 Å². The molecule has 2 heterocycles. The van der Waals surface area contributed by atoms with Crippen LogP contribution in [0.15, 0.2) is 29.2 Å². The first kappa shape index (κ1) is 16.3. The van der Waals surface area contributed by atoms with E-state index in [4.69, 9.17) is 0 Å². The molecule has 1 saturated heterocycles. The molecule has 1 aromatic carbocycles. The van der Waals surface area contributed by atoms with Crippen LogP contribution in [0.25, 0.3) is 10.9 Å². The lowest BCUT2D eigenvalue weighted by Gasteiger charge is -2.12. The molecule has 0 aliphatic carbocycles. The van der Waals surface area contributed by atoms with Gasteiger partial charge >= 0.3 is 0 Å². The quantitative estimate of drug-likeness (QED) is 0.898. The number of fused-ring (bicyclic) bond motifs is 1. The first-order chi connectivity index (χ1) is 9.50. The number of nitrogens with one attached hydrogen (secondary N) is 2. The summed E-state index contributed by atoms with van der Waals surface area (Å²) in [6.07, 6.45) is 0.836. The van der Waals surface area contributed by atoms with Gasteiger partial charge in [-0.25, -0.2) is 13.1 Å². The van der Waals surface area contributed by atoms with Gasteiger partial charge in [0.05, 0.1) is 0 Å². The van der Waals surface area contributed by atoms with Gasteiger partial charge in [-0.1, -0.05) is 18.2 Å². The number of sulfonamides is 1. The maximum absolute atomic E-state index is 12.7. The Morgan fingerprint density at radius 2 is 2.05 bits per heavy atom. The maximum atomic E-state index is 12.7. The molecule has 116 valence electrons. The highest BCUT2D eigenvalue weighted by Gasteiger charge is 2.27. The van der Waals surface area contributed by atoms with Crippen molar-refractivity contribution in [1.82, 2.24) is 14.6 Å². The third kappa shape index (κ3) is 2.81. The van der Waals surface area contributed by atoms with Crippen molar-refractivity contribution >= 4 is 33.3 Å². The predicted molar refractivity (Wildman–Crippen MR) is 86.5 cm³/mol. The lowest BCUT2D eigenvalue weighted by Crippen LogP contribution is -2.36. The molecule has 1 aliphatic rings. The minimum Gasteiger partial charge on any atom is -0.347 e. The molecule has 1 aromatic heterocycles. The normalized spacial score (nSPS) is 18.9. The number of hydrogen-bond donors (Lipinski definition) is 2. The Morgan fingerprint density at radius 1 is 1.33 bits per heavy atom. The van der Waals surface area contributed by atoms with Gasteiger partial charge in [0.2, 0.25) is 10.0 Å². The Balaban J connectivity index is 0.00000161. The van der Waals surface area contributed by atoms with Crippen LogP contribution in [-0.2, 0) is 17.1 Å². The van der Waals surface area contributed by atoms with E-state index in [2.05, 4.69) is 10.0 Å². The highest BCUT2D eigenvalue weighted by atomic mass is 35.5. The summed E-state index contributed by atoms with van der Waals surface area (Å²) in [5.41, 5.74) is 1.71. The highest BCUT2D eigenvalue weighted by molar-refractivity contribution is 7.89. The second-order valence-corrected chi connectivity index (χ2v) is 6.95. The smallest absolute Gasteiger partial charge is 0.243 e. The zero-order chi connectivity index (χ0) is 14.3. The van der Waals surface area contributed by atoms with Gasteiger partial charge in [0.1, 0.15) is 4.90 Å². The number of para-hydroxylation sites is 1. The van der Waals surface area contributed by atoms with Crippen molar-refractivity contribution in [3.8, 4) is 0 Å². The van der Waals surface area contributed by atoms with E-state index < -0.39 is 10.0 Å². The van der Waals surface area contributed by atoms with Gasteiger partial charge in [0, 0.05) is 36.2 Å². The number of rotatable bonds is 3. The molecule has 0 amide bonds. The first-order valence-electron chi connectivity index (χ1n) is 6.78. The van der Waals surface area contributed by atoms with E-state index in [1.54, 1.807) is 0 Å². The van der Waals surface area contributed by atoms with Gasteiger partial charge < -0.3 is 9.88 Å². The third-order valence-electron chi connectivity index (χ3n) is 3.99. The van der Waals surface area contributed by atoms with E-state index in [-0.39, 0.29) is 18.4 Å². The number of aryl methyl sites for hydroxylation is 1. The molecule has 2 N–H and O–H groups in total. The lowest BCUT2D eigenvalue weighted by atomic mass is 10.2. The van der Waals surface area contributed by atoms with Crippen LogP contribution in [0.2, 0.25) is 0 Å². The van der Waals surface area contributed by atoms with Crippen LogP contribution < -0.4 is 10.0 Å². The first-order valence-corrected chi connectivity index (χ1v) is 8.26. The zero-order valence-corrected chi connectivity index (χ0v) is 13.7. The molecule has 0 bridgehead atoms. The van der Waals surface area contributed by atoms with Gasteiger partial charge in [0.15, 0.2) is 0 Å². The van der Waals surface area contributed by atoms with E-state index in [1.165, 1.54) is 0 Å². The largest absolute Gasteiger partial charge is 0.347 e. The molecule has 21 heavy (non-hydrogen) atoms. The Bertz CT molecular complexity index is 749. The summed E-state index contributed by atoms with van der Waals surface area (Å²) >= 11 is 0. The molecule has 1 aliphatic heterocycles. The minimum atomic E-state index is -3.49. The molecule has 7 heteroatoms. The zero-order valence-electron chi connectivity index (χ0n) is 12.1. The van der Waals surface area contributed by atoms with Crippen LogP contribution in [0, 0.1) is 6.92 Å². The molecular formula is C14H20ClN3O2S. The van der Waals surface area contributed by atoms with Gasteiger partial charge in [-0.05, 0) is 26.0 Å².